The molecule has 0 fully saturated rings. The normalized spacial score (nSPS) is 17.0. The Bertz CT molecular complexity index is 834. The van der Waals surface area contributed by atoms with E-state index in [2.05, 4.69) is 49.4 Å². The second-order valence-electron chi connectivity index (χ2n) is 9.00. The van der Waals surface area contributed by atoms with Crippen LogP contribution in [0.4, 0.5) is 10.3 Å². The lowest BCUT2D eigenvalue weighted by Gasteiger charge is -2.37. The van der Waals surface area contributed by atoms with Crippen LogP contribution in [0.2, 0.25) is 18.1 Å². The quantitative estimate of drug-likeness (QED) is 0.709. The van der Waals surface area contributed by atoms with Gasteiger partial charge in [-0.15, -0.1) is 0 Å². The van der Waals surface area contributed by atoms with Crippen LogP contribution < -0.4 is 10.5 Å². The fourth-order valence-corrected chi connectivity index (χ4v) is 4.20. The van der Waals surface area contributed by atoms with Crippen molar-refractivity contribution >= 4 is 14.3 Å². The highest BCUT2D eigenvalue weighted by Crippen LogP contribution is 2.38. The van der Waals surface area contributed by atoms with Gasteiger partial charge in [0.1, 0.15) is 18.2 Å². The highest BCUT2D eigenvalue weighted by molar-refractivity contribution is 6.74. The van der Waals surface area contributed by atoms with Gasteiger partial charge in [-0.2, -0.15) is 0 Å². The van der Waals surface area contributed by atoms with Crippen LogP contribution in [0.1, 0.15) is 31.9 Å². The molecule has 3 rings (SSSR count). The molecule has 0 aliphatic heterocycles. The highest BCUT2D eigenvalue weighted by atomic mass is 28.4. The Morgan fingerprint density at radius 3 is 2.68 bits per heavy atom. The third kappa shape index (κ3) is 4.52. The molecule has 0 bridgehead atoms. The van der Waals surface area contributed by atoms with E-state index in [-0.39, 0.29) is 16.8 Å². The third-order valence-corrected chi connectivity index (χ3v) is 10.4. The van der Waals surface area contributed by atoms with Crippen molar-refractivity contribution in [3.8, 4) is 5.75 Å². The predicted octanol–water partition coefficient (Wildman–Crippen LogP) is 3.21. The van der Waals surface area contributed by atoms with E-state index in [1.807, 2.05) is 6.07 Å². The summed E-state index contributed by atoms with van der Waals surface area (Å²) in [6, 6.07) is 3.40. The summed E-state index contributed by atoms with van der Waals surface area (Å²) in [5, 5.41) is 11.0. The largest absolute Gasteiger partial charge is 0.492 e. The van der Waals surface area contributed by atoms with Gasteiger partial charge in [0.05, 0.1) is 6.54 Å². The molecular weight excluding hydrogens is 377 g/mol. The van der Waals surface area contributed by atoms with Crippen molar-refractivity contribution in [2.24, 2.45) is 5.92 Å². The SMILES string of the molecule is CC(C)(C)[Si](C)(C)OCC1Cc2cc(OCCn3nnnc3N)cc(F)c2C1. The lowest BCUT2D eigenvalue weighted by Crippen LogP contribution is -2.42. The molecule has 0 saturated heterocycles. The third-order valence-electron chi connectivity index (χ3n) is 5.88. The highest BCUT2D eigenvalue weighted by Gasteiger charge is 2.38. The molecule has 1 atom stereocenters. The van der Waals surface area contributed by atoms with E-state index >= 15 is 0 Å². The number of ether oxygens (including phenoxy) is 1. The molecule has 1 aromatic carbocycles. The van der Waals surface area contributed by atoms with Gasteiger partial charge in [0.25, 0.3) is 0 Å². The molecule has 28 heavy (non-hydrogen) atoms. The molecular formula is C19H30FN5O2Si. The smallest absolute Gasteiger partial charge is 0.240 e. The number of aromatic nitrogens is 4. The first-order valence-corrected chi connectivity index (χ1v) is 12.6. The Balaban J connectivity index is 1.58. The summed E-state index contributed by atoms with van der Waals surface area (Å²) in [5.41, 5.74) is 7.43. The number of hydrogen-bond donors (Lipinski definition) is 1. The molecule has 0 amide bonds. The first-order chi connectivity index (χ1) is 13.1. The van der Waals surface area contributed by atoms with E-state index in [1.54, 1.807) is 0 Å². The molecule has 1 unspecified atom stereocenters. The molecule has 9 heteroatoms. The average molecular weight is 408 g/mol. The summed E-state index contributed by atoms with van der Waals surface area (Å²) >= 11 is 0. The van der Waals surface area contributed by atoms with Gasteiger partial charge < -0.3 is 14.9 Å². The number of hydrogen-bond acceptors (Lipinski definition) is 6. The summed E-state index contributed by atoms with van der Waals surface area (Å²) in [4.78, 5) is 0. The molecule has 2 N–H and O–H groups in total. The van der Waals surface area contributed by atoms with Crippen molar-refractivity contribution < 1.29 is 13.6 Å². The summed E-state index contributed by atoms with van der Waals surface area (Å²) in [7, 11) is -1.80. The van der Waals surface area contributed by atoms with Crippen molar-refractivity contribution in [2.45, 2.75) is 58.3 Å². The summed E-state index contributed by atoms with van der Waals surface area (Å²) in [6.45, 7) is 12.6. The molecule has 1 heterocycles. The molecule has 1 aromatic heterocycles. The Labute approximate surface area is 166 Å². The van der Waals surface area contributed by atoms with Gasteiger partial charge in [0.2, 0.25) is 5.95 Å². The number of benzene rings is 1. The van der Waals surface area contributed by atoms with Gasteiger partial charge in [-0.1, -0.05) is 25.9 Å². The van der Waals surface area contributed by atoms with Crippen LogP contribution in [0.3, 0.4) is 0 Å². The summed E-state index contributed by atoms with van der Waals surface area (Å²) in [5.74, 6) is 0.862. The maximum Gasteiger partial charge on any atom is 0.240 e. The number of halogens is 1. The topological polar surface area (TPSA) is 88.1 Å². The molecule has 0 saturated carbocycles. The van der Waals surface area contributed by atoms with Crippen LogP contribution in [0.15, 0.2) is 12.1 Å². The number of fused-ring (bicyclic) bond motifs is 1. The van der Waals surface area contributed by atoms with Crippen molar-refractivity contribution in [3.63, 3.8) is 0 Å². The number of nitrogens with two attached hydrogens (primary N) is 1. The van der Waals surface area contributed by atoms with E-state index in [0.29, 0.717) is 31.4 Å². The first-order valence-electron chi connectivity index (χ1n) is 9.66. The summed E-state index contributed by atoms with van der Waals surface area (Å²) in [6.07, 6.45) is 1.54. The fraction of sp³-hybridized carbons (Fsp3) is 0.632. The monoisotopic (exact) mass is 407 g/mol. The number of anilines is 1. The Morgan fingerprint density at radius 1 is 1.29 bits per heavy atom. The van der Waals surface area contributed by atoms with Crippen molar-refractivity contribution in [3.05, 3.63) is 29.1 Å². The maximum atomic E-state index is 14.6. The van der Waals surface area contributed by atoms with Gasteiger partial charge >= 0.3 is 0 Å². The van der Waals surface area contributed by atoms with E-state index in [0.717, 1.165) is 24.0 Å². The second-order valence-corrected chi connectivity index (χ2v) is 13.8. The molecule has 1 aliphatic carbocycles. The van der Waals surface area contributed by atoms with Crippen LogP contribution in [-0.2, 0) is 23.8 Å². The van der Waals surface area contributed by atoms with Crippen molar-refractivity contribution in [1.29, 1.82) is 0 Å². The van der Waals surface area contributed by atoms with Crippen LogP contribution in [0, 0.1) is 11.7 Å². The van der Waals surface area contributed by atoms with E-state index in [9.17, 15) is 4.39 Å². The van der Waals surface area contributed by atoms with Gasteiger partial charge in [-0.25, -0.2) is 9.07 Å². The molecule has 2 aromatic rings. The van der Waals surface area contributed by atoms with Gasteiger partial charge in [-0.05, 0) is 64.5 Å². The number of nitrogens with zero attached hydrogens (tertiary/aromatic N) is 4. The Hall–Kier alpha value is -2.00. The van der Waals surface area contributed by atoms with E-state index < -0.39 is 8.32 Å². The van der Waals surface area contributed by atoms with Gasteiger partial charge in [-0.3, -0.25) is 0 Å². The lowest BCUT2D eigenvalue weighted by molar-refractivity contribution is 0.232. The number of tetrazole rings is 1. The fourth-order valence-electron chi connectivity index (χ4n) is 3.11. The number of nitrogen functional groups attached to an aromatic ring is 1. The van der Waals surface area contributed by atoms with Crippen LogP contribution in [0.25, 0.3) is 0 Å². The minimum atomic E-state index is -1.80. The summed E-state index contributed by atoms with van der Waals surface area (Å²) < 4.78 is 28.1. The van der Waals surface area contributed by atoms with Crippen molar-refractivity contribution in [2.75, 3.05) is 18.9 Å². The zero-order chi connectivity index (χ0) is 20.5. The van der Waals surface area contributed by atoms with Crippen LogP contribution >= 0.6 is 0 Å². The van der Waals surface area contributed by atoms with Gasteiger partial charge in [0, 0.05) is 12.7 Å². The second kappa shape index (κ2) is 7.79. The Kier molecular flexibility index (Phi) is 5.76. The molecule has 0 radical (unpaired) electrons. The lowest BCUT2D eigenvalue weighted by atomic mass is 10.1. The zero-order valence-corrected chi connectivity index (χ0v) is 18.3. The molecule has 7 nitrogen and oxygen atoms in total. The van der Waals surface area contributed by atoms with Crippen LogP contribution in [-0.4, -0.2) is 41.7 Å². The average Bonchev–Trinajstić information content (AvgIpc) is 3.19. The first kappa shape index (κ1) is 20.7. The zero-order valence-electron chi connectivity index (χ0n) is 17.3. The standard InChI is InChI=1S/C19H30FN5O2Si/c1-19(2,3)28(4,5)27-12-13-8-14-10-15(11-17(20)16(14)9-13)26-7-6-25-18(21)22-23-24-25/h10-11,13H,6-9,12H2,1-5H3,(H2,21,22,24). The minimum absolute atomic E-state index is 0.174. The molecule has 0 spiro atoms. The van der Waals surface area contributed by atoms with E-state index in [4.69, 9.17) is 14.9 Å². The predicted molar refractivity (Wildman–Crippen MR) is 108 cm³/mol. The van der Waals surface area contributed by atoms with Crippen LogP contribution in [0.5, 0.6) is 5.75 Å². The Morgan fingerprint density at radius 2 is 2.04 bits per heavy atom. The van der Waals surface area contributed by atoms with E-state index in [1.165, 1.54) is 10.7 Å². The van der Waals surface area contributed by atoms with Crippen molar-refractivity contribution in [1.82, 2.24) is 20.2 Å². The number of rotatable bonds is 7. The van der Waals surface area contributed by atoms with Gasteiger partial charge in [0.15, 0.2) is 8.32 Å². The molecule has 1 aliphatic rings. The minimum Gasteiger partial charge on any atom is -0.492 e. The maximum absolute atomic E-state index is 14.6. The molecule has 154 valence electrons.